The fourth-order valence-electron chi connectivity index (χ4n) is 3.28. The van der Waals surface area contributed by atoms with Crippen LogP contribution in [0.3, 0.4) is 0 Å². The SMILES string of the molecule is Cc1cc(C)c2nccc(N3CC[C@H](O)[C@@H](C(=O)O)C3)c2c1. The summed E-state index contributed by atoms with van der Waals surface area (Å²) in [6.07, 6.45) is 1.46. The molecule has 2 aromatic rings. The lowest BCUT2D eigenvalue weighted by Gasteiger charge is -2.36. The molecule has 1 fully saturated rings. The van der Waals surface area contributed by atoms with E-state index in [1.165, 1.54) is 0 Å². The normalized spacial score (nSPS) is 22.0. The Bertz CT molecular complexity index is 729. The maximum Gasteiger partial charge on any atom is 0.310 e. The number of aromatic nitrogens is 1. The van der Waals surface area contributed by atoms with Gasteiger partial charge in [0.15, 0.2) is 0 Å². The monoisotopic (exact) mass is 300 g/mol. The van der Waals surface area contributed by atoms with Crippen molar-refractivity contribution in [3.05, 3.63) is 35.5 Å². The fourth-order valence-corrected chi connectivity index (χ4v) is 3.28. The maximum absolute atomic E-state index is 11.3. The zero-order chi connectivity index (χ0) is 15.9. The van der Waals surface area contributed by atoms with E-state index in [1.807, 2.05) is 19.9 Å². The second kappa shape index (κ2) is 5.57. The standard InChI is InChI=1S/C17H20N2O3/c1-10-7-11(2)16-12(8-10)14(3-5-18-16)19-6-4-15(20)13(9-19)17(21)22/h3,5,7-8,13,15,20H,4,6,9H2,1-2H3,(H,21,22)/t13-,15-/m0/s1. The minimum absolute atomic E-state index is 0.322. The lowest BCUT2D eigenvalue weighted by Crippen LogP contribution is -2.46. The van der Waals surface area contributed by atoms with Crippen molar-refractivity contribution in [1.82, 2.24) is 4.98 Å². The number of benzene rings is 1. The Kier molecular flexibility index (Phi) is 3.74. The number of fused-ring (bicyclic) bond motifs is 1. The number of rotatable bonds is 2. The quantitative estimate of drug-likeness (QED) is 0.888. The van der Waals surface area contributed by atoms with Gasteiger partial charge in [0, 0.05) is 30.4 Å². The van der Waals surface area contributed by atoms with Crippen LogP contribution in [0.1, 0.15) is 17.5 Å². The summed E-state index contributed by atoms with van der Waals surface area (Å²) in [5.41, 5.74) is 4.21. The van der Waals surface area contributed by atoms with E-state index < -0.39 is 18.0 Å². The molecule has 0 saturated carbocycles. The van der Waals surface area contributed by atoms with E-state index in [-0.39, 0.29) is 0 Å². The summed E-state index contributed by atoms with van der Waals surface area (Å²) in [5, 5.41) is 20.2. The van der Waals surface area contributed by atoms with Gasteiger partial charge in [-0.25, -0.2) is 0 Å². The Morgan fingerprint density at radius 1 is 1.36 bits per heavy atom. The molecule has 5 nitrogen and oxygen atoms in total. The summed E-state index contributed by atoms with van der Waals surface area (Å²) < 4.78 is 0. The van der Waals surface area contributed by atoms with Crippen LogP contribution in [-0.4, -0.2) is 40.4 Å². The van der Waals surface area contributed by atoms with Crippen molar-refractivity contribution in [2.24, 2.45) is 5.92 Å². The van der Waals surface area contributed by atoms with Crippen LogP contribution in [0.2, 0.25) is 0 Å². The zero-order valence-electron chi connectivity index (χ0n) is 12.8. The minimum Gasteiger partial charge on any atom is -0.481 e. The second-order valence-corrected chi connectivity index (χ2v) is 6.05. The first-order chi connectivity index (χ1) is 10.5. The second-order valence-electron chi connectivity index (χ2n) is 6.05. The number of anilines is 1. The number of carbonyl (C=O) groups is 1. The van der Waals surface area contributed by atoms with Crippen LogP contribution in [0.25, 0.3) is 10.9 Å². The van der Waals surface area contributed by atoms with Gasteiger partial charge in [0.1, 0.15) is 5.92 Å². The van der Waals surface area contributed by atoms with Crippen LogP contribution in [0.5, 0.6) is 0 Å². The summed E-state index contributed by atoms with van der Waals surface area (Å²) in [4.78, 5) is 17.8. The van der Waals surface area contributed by atoms with Gasteiger partial charge in [-0.15, -0.1) is 0 Å². The summed E-state index contributed by atoms with van der Waals surface area (Å²) in [5.74, 6) is -1.69. The molecule has 1 aromatic heterocycles. The highest BCUT2D eigenvalue weighted by atomic mass is 16.4. The predicted molar refractivity (Wildman–Crippen MR) is 85.2 cm³/mol. The van der Waals surface area contributed by atoms with Gasteiger partial charge in [0.2, 0.25) is 0 Å². The number of piperidine rings is 1. The van der Waals surface area contributed by atoms with Gasteiger partial charge in [0.05, 0.1) is 11.6 Å². The number of nitrogens with zero attached hydrogens (tertiary/aromatic N) is 2. The van der Waals surface area contributed by atoms with Crippen molar-refractivity contribution in [2.45, 2.75) is 26.4 Å². The third-order valence-electron chi connectivity index (χ3n) is 4.39. The number of aliphatic hydroxyl groups is 1. The number of hydrogen-bond acceptors (Lipinski definition) is 4. The van der Waals surface area contributed by atoms with Crippen molar-refractivity contribution >= 4 is 22.6 Å². The van der Waals surface area contributed by atoms with Crippen LogP contribution in [0.4, 0.5) is 5.69 Å². The summed E-state index contributed by atoms with van der Waals surface area (Å²) in [6.45, 7) is 5.05. The number of aryl methyl sites for hydroxylation is 2. The van der Waals surface area contributed by atoms with Crippen molar-refractivity contribution in [3.8, 4) is 0 Å². The van der Waals surface area contributed by atoms with Crippen LogP contribution in [0.15, 0.2) is 24.4 Å². The van der Waals surface area contributed by atoms with Crippen LogP contribution >= 0.6 is 0 Å². The fraction of sp³-hybridized carbons (Fsp3) is 0.412. The smallest absolute Gasteiger partial charge is 0.310 e. The van der Waals surface area contributed by atoms with Gasteiger partial charge in [-0.2, -0.15) is 0 Å². The zero-order valence-corrected chi connectivity index (χ0v) is 12.8. The van der Waals surface area contributed by atoms with E-state index in [1.54, 1.807) is 6.20 Å². The van der Waals surface area contributed by atoms with Gasteiger partial charge in [-0.1, -0.05) is 11.6 Å². The molecular formula is C17H20N2O3. The highest BCUT2D eigenvalue weighted by Gasteiger charge is 2.33. The Balaban J connectivity index is 2.05. The molecule has 0 radical (unpaired) electrons. The van der Waals surface area contributed by atoms with E-state index in [2.05, 4.69) is 22.0 Å². The van der Waals surface area contributed by atoms with Crippen molar-refractivity contribution in [1.29, 1.82) is 0 Å². The first-order valence-corrected chi connectivity index (χ1v) is 7.49. The Morgan fingerprint density at radius 3 is 2.86 bits per heavy atom. The minimum atomic E-state index is -0.942. The van der Waals surface area contributed by atoms with Crippen LogP contribution < -0.4 is 4.90 Å². The molecule has 0 amide bonds. The Hall–Kier alpha value is -2.14. The third kappa shape index (κ3) is 2.52. The van der Waals surface area contributed by atoms with Gasteiger partial charge in [-0.3, -0.25) is 9.78 Å². The van der Waals surface area contributed by atoms with Gasteiger partial charge < -0.3 is 15.1 Å². The van der Waals surface area contributed by atoms with E-state index in [4.69, 9.17) is 0 Å². The number of carboxylic acid groups (broad SMARTS) is 1. The molecule has 1 aliphatic heterocycles. The average Bonchev–Trinajstić information content (AvgIpc) is 2.47. The molecule has 2 atom stereocenters. The maximum atomic E-state index is 11.3. The summed E-state index contributed by atoms with van der Waals surface area (Å²) in [7, 11) is 0. The van der Waals surface area contributed by atoms with E-state index in [0.29, 0.717) is 19.5 Å². The predicted octanol–water partition coefficient (Wildman–Crippen LogP) is 2.12. The molecule has 1 aromatic carbocycles. The van der Waals surface area contributed by atoms with Crippen molar-refractivity contribution in [2.75, 3.05) is 18.0 Å². The summed E-state index contributed by atoms with van der Waals surface area (Å²) in [6, 6.07) is 6.11. The van der Waals surface area contributed by atoms with Gasteiger partial charge in [0.25, 0.3) is 0 Å². The van der Waals surface area contributed by atoms with E-state index >= 15 is 0 Å². The Morgan fingerprint density at radius 2 is 2.14 bits per heavy atom. The molecule has 2 heterocycles. The molecular weight excluding hydrogens is 280 g/mol. The summed E-state index contributed by atoms with van der Waals surface area (Å²) >= 11 is 0. The molecule has 0 spiro atoms. The highest BCUT2D eigenvalue weighted by Crippen LogP contribution is 2.31. The molecule has 3 rings (SSSR count). The van der Waals surface area contributed by atoms with E-state index in [0.717, 1.165) is 27.7 Å². The lowest BCUT2D eigenvalue weighted by atomic mass is 9.94. The number of aliphatic hydroxyl groups excluding tert-OH is 1. The number of carboxylic acids is 1. The molecule has 116 valence electrons. The van der Waals surface area contributed by atoms with Gasteiger partial charge in [-0.05, 0) is 38.0 Å². The molecule has 22 heavy (non-hydrogen) atoms. The number of pyridine rings is 1. The first kappa shape index (κ1) is 14.8. The first-order valence-electron chi connectivity index (χ1n) is 7.49. The molecule has 0 aliphatic carbocycles. The van der Waals surface area contributed by atoms with E-state index in [9.17, 15) is 15.0 Å². The molecule has 1 saturated heterocycles. The molecule has 2 N–H and O–H groups in total. The third-order valence-corrected chi connectivity index (χ3v) is 4.39. The van der Waals surface area contributed by atoms with Crippen molar-refractivity contribution in [3.63, 3.8) is 0 Å². The molecule has 0 bridgehead atoms. The highest BCUT2D eigenvalue weighted by molar-refractivity contribution is 5.94. The number of hydrogen-bond donors (Lipinski definition) is 2. The van der Waals surface area contributed by atoms with Crippen molar-refractivity contribution < 1.29 is 15.0 Å². The molecule has 5 heteroatoms. The largest absolute Gasteiger partial charge is 0.481 e. The lowest BCUT2D eigenvalue weighted by molar-refractivity contribution is -0.146. The van der Waals surface area contributed by atoms with Crippen LogP contribution in [-0.2, 0) is 4.79 Å². The average molecular weight is 300 g/mol. The molecule has 0 unspecified atom stereocenters. The molecule has 1 aliphatic rings. The van der Waals surface area contributed by atoms with Crippen LogP contribution in [0, 0.1) is 19.8 Å². The number of aliphatic carboxylic acids is 1. The van der Waals surface area contributed by atoms with Gasteiger partial charge >= 0.3 is 5.97 Å². The topological polar surface area (TPSA) is 73.7 Å². The Labute approximate surface area is 129 Å².